The van der Waals surface area contributed by atoms with E-state index in [4.69, 9.17) is 9.72 Å². The molecule has 172 valence electrons. The fraction of sp³-hybridized carbons (Fsp3) is 0.200. The van der Waals surface area contributed by atoms with Gasteiger partial charge in [-0.15, -0.1) is 0 Å². The summed E-state index contributed by atoms with van der Waals surface area (Å²) < 4.78 is 5.47. The maximum Gasteiger partial charge on any atom is 0.338 e. The maximum absolute atomic E-state index is 12.5. The molecule has 0 radical (unpaired) electrons. The van der Waals surface area contributed by atoms with Crippen LogP contribution in [0.1, 0.15) is 24.2 Å². The molecule has 0 saturated carbocycles. The van der Waals surface area contributed by atoms with E-state index in [0.717, 1.165) is 53.3 Å². The van der Waals surface area contributed by atoms with Crippen molar-refractivity contribution >= 4 is 5.97 Å². The number of esters is 1. The Morgan fingerprint density at radius 3 is 1.74 bits per heavy atom. The topological polar surface area (TPSA) is 42.4 Å². The van der Waals surface area contributed by atoms with Crippen LogP contribution in [-0.4, -0.2) is 42.1 Å². The molecule has 0 aliphatic carbocycles. The molecule has 0 aliphatic rings. The van der Waals surface area contributed by atoms with Gasteiger partial charge in [0.15, 0.2) is 0 Å². The second-order valence-corrected chi connectivity index (χ2v) is 8.10. The average molecular weight is 451 g/mol. The number of aromatic nitrogens is 1. The van der Waals surface area contributed by atoms with Gasteiger partial charge in [-0.1, -0.05) is 86.6 Å². The van der Waals surface area contributed by atoms with Crippen LogP contribution in [0.4, 0.5) is 0 Å². The number of benzene rings is 3. The van der Waals surface area contributed by atoms with Crippen LogP contribution in [0, 0.1) is 0 Å². The van der Waals surface area contributed by atoms with E-state index in [1.807, 2.05) is 60.7 Å². The van der Waals surface area contributed by atoms with Crippen molar-refractivity contribution in [2.75, 3.05) is 26.2 Å². The molecular weight excluding hydrogens is 420 g/mol. The Bertz CT molecular complexity index is 1140. The average Bonchev–Trinajstić information content (AvgIpc) is 2.92. The van der Waals surface area contributed by atoms with Gasteiger partial charge < -0.3 is 9.64 Å². The van der Waals surface area contributed by atoms with Gasteiger partial charge in [-0.3, -0.25) is 0 Å². The van der Waals surface area contributed by atoms with E-state index in [0.29, 0.717) is 12.2 Å². The van der Waals surface area contributed by atoms with Crippen molar-refractivity contribution in [3.05, 3.63) is 103 Å². The Balaban J connectivity index is 1.59. The second kappa shape index (κ2) is 11.4. The van der Waals surface area contributed by atoms with Crippen molar-refractivity contribution in [1.29, 1.82) is 0 Å². The SMILES string of the molecule is CCN(CC)CCOC(=O)c1ccc(-c2cc(-c3ccccc3)nc(-c3ccccc3)c2)cc1. The molecule has 0 unspecified atom stereocenters. The largest absolute Gasteiger partial charge is 0.461 e. The summed E-state index contributed by atoms with van der Waals surface area (Å²) in [6.45, 7) is 7.26. The highest BCUT2D eigenvalue weighted by molar-refractivity contribution is 5.90. The highest BCUT2D eigenvalue weighted by atomic mass is 16.5. The zero-order chi connectivity index (χ0) is 23.8. The van der Waals surface area contributed by atoms with Crippen molar-refractivity contribution < 1.29 is 9.53 Å². The molecule has 0 aliphatic heterocycles. The first-order chi connectivity index (χ1) is 16.7. The number of pyridine rings is 1. The molecule has 1 heterocycles. The third kappa shape index (κ3) is 5.77. The third-order valence-electron chi connectivity index (χ3n) is 5.95. The summed E-state index contributed by atoms with van der Waals surface area (Å²) in [6, 6.07) is 32.2. The molecule has 3 aromatic carbocycles. The fourth-order valence-electron chi connectivity index (χ4n) is 3.90. The van der Waals surface area contributed by atoms with Gasteiger partial charge in [0.2, 0.25) is 0 Å². The summed E-state index contributed by atoms with van der Waals surface area (Å²) in [7, 11) is 0. The summed E-state index contributed by atoms with van der Waals surface area (Å²) in [5, 5.41) is 0. The predicted molar refractivity (Wildman–Crippen MR) is 139 cm³/mol. The molecule has 4 nitrogen and oxygen atoms in total. The molecule has 0 amide bonds. The molecule has 0 bridgehead atoms. The summed E-state index contributed by atoms with van der Waals surface area (Å²) in [5.74, 6) is -0.289. The Morgan fingerprint density at radius 1 is 0.706 bits per heavy atom. The normalized spacial score (nSPS) is 10.9. The van der Waals surface area contributed by atoms with Gasteiger partial charge in [-0.25, -0.2) is 9.78 Å². The standard InChI is InChI=1S/C30H30N2O2/c1-3-32(4-2)19-20-34-30(33)26-17-15-23(16-18-26)27-21-28(24-11-7-5-8-12-24)31-29(22-27)25-13-9-6-10-14-25/h5-18,21-22H,3-4,19-20H2,1-2H3. The van der Waals surface area contributed by atoms with E-state index in [-0.39, 0.29) is 5.97 Å². The summed E-state index contributed by atoms with van der Waals surface area (Å²) in [6.07, 6.45) is 0. The fourth-order valence-corrected chi connectivity index (χ4v) is 3.90. The van der Waals surface area contributed by atoms with Crippen molar-refractivity contribution in [1.82, 2.24) is 9.88 Å². The van der Waals surface area contributed by atoms with Crippen LogP contribution in [0.5, 0.6) is 0 Å². The van der Waals surface area contributed by atoms with E-state index in [1.165, 1.54) is 0 Å². The number of carbonyl (C=O) groups excluding carboxylic acids is 1. The minimum absolute atomic E-state index is 0.289. The van der Waals surface area contributed by atoms with Gasteiger partial charge in [0.25, 0.3) is 0 Å². The molecule has 4 heteroatoms. The van der Waals surface area contributed by atoms with Crippen LogP contribution in [0.2, 0.25) is 0 Å². The maximum atomic E-state index is 12.5. The zero-order valence-corrected chi connectivity index (χ0v) is 19.8. The minimum atomic E-state index is -0.289. The van der Waals surface area contributed by atoms with Gasteiger partial charge in [0.1, 0.15) is 6.61 Å². The van der Waals surface area contributed by atoms with Crippen LogP contribution >= 0.6 is 0 Å². The highest BCUT2D eigenvalue weighted by Gasteiger charge is 2.11. The number of nitrogens with zero attached hydrogens (tertiary/aromatic N) is 2. The van der Waals surface area contributed by atoms with Gasteiger partial charge in [-0.05, 0) is 48.5 Å². The lowest BCUT2D eigenvalue weighted by Gasteiger charge is -2.17. The van der Waals surface area contributed by atoms with Crippen molar-refractivity contribution in [2.24, 2.45) is 0 Å². The summed E-state index contributed by atoms with van der Waals surface area (Å²) >= 11 is 0. The van der Waals surface area contributed by atoms with Crippen molar-refractivity contribution in [3.8, 4) is 33.6 Å². The number of rotatable bonds is 9. The van der Waals surface area contributed by atoms with Crippen LogP contribution in [0.25, 0.3) is 33.6 Å². The van der Waals surface area contributed by atoms with Crippen LogP contribution < -0.4 is 0 Å². The van der Waals surface area contributed by atoms with Crippen LogP contribution in [0.3, 0.4) is 0 Å². The molecule has 0 fully saturated rings. The number of hydrogen-bond acceptors (Lipinski definition) is 4. The lowest BCUT2D eigenvalue weighted by atomic mass is 9.99. The lowest BCUT2D eigenvalue weighted by molar-refractivity contribution is 0.0466. The molecule has 4 rings (SSSR count). The molecule has 0 N–H and O–H groups in total. The second-order valence-electron chi connectivity index (χ2n) is 8.10. The van der Waals surface area contributed by atoms with E-state index in [9.17, 15) is 4.79 Å². The van der Waals surface area contributed by atoms with Crippen molar-refractivity contribution in [3.63, 3.8) is 0 Å². The predicted octanol–water partition coefficient (Wildman–Crippen LogP) is 6.58. The van der Waals surface area contributed by atoms with Crippen LogP contribution in [-0.2, 0) is 4.74 Å². The van der Waals surface area contributed by atoms with E-state index >= 15 is 0 Å². The molecular formula is C30H30N2O2. The molecule has 0 spiro atoms. The monoisotopic (exact) mass is 450 g/mol. The number of hydrogen-bond donors (Lipinski definition) is 0. The number of carbonyl (C=O) groups is 1. The quantitative estimate of drug-likeness (QED) is 0.270. The first-order valence-corrected chi connectivity index (χ1v) is 11.8. The molecule has 34 heavy (non-hydrogen) atoms. The molecule has 4 aromatic rings. The highest BCUT2D eigenvalue weighted by Crippen LogP contribution is 2.30. The third-order valence-corrected chi connectivity index (χ3v) is 5.95. The van der Waals surface area contributed by atoms with Crippen molar-refractivity contribution in [2.45, 2.75) is 13.8 Å². The first-order valence-electron chi connectivity index (χ1n) is 11.8. The number of ether oxygens (including phenoxy) is 1. The van der Waals surface area contributed by atoms with E-state index in [1.54, 1.807) is 0 Å². The van der Waals surface area contributed by atoms with Crippen LogP contribution in [0.15, 0.2) is 97.1 Å². The summed E-state index contributed by atoms with van der Waals surface area (Å²) in [5.41, 5.74) is 6.59. The molecule has 0 saturated heterocycles. The van der Waals surface area contributed by atoms with Gasteiger partial charge >= 0.3 is 5.97 Å². The lowest BCUT2D eigenvalue weighted by Crippen LogP contribution is -2.27. The van der Waals surface area contributed by atoms with Gasteiger partial charge in [0, 0.05) is 17.7 Å². The van der Waals surface area contributed by atoms with Gasteiger partial charge in [-0.2, -0.15) is 0 Å². The zero-order valence-electron chi connectivity index (χ0n) is 19.8. The Morgan fingerprint density at radius 2 is 1.24 bits per heavy atom. The van der Waals surface area contributed by atoms with E-state index < -0.39 is 0 Å². The van der Waals surface area contributed by atoms with Gasteiger partial charge in [0.05, 0.1) is 17.0 Å². The Hall–Kier alpha value is -3.76. The number of likely N-dealkylation sites (N-methyl/N-ethyl adjacent to an activating group) is 1. The summed E-state index contributed by atoms with van der Waals surface area (Å²) in [4.78, 5) is 19.6. The smallest absolute Gasteiger partial charge is 0.338 e. The van der Waals surface area contributed by atoms with E-state index in [2.05, 4.69) is 55.1 Å². The Kier molecular flexibility index (Phi) is 7.84. The first kappa shape index (κ1) is 23.4. The Labute approximate surface area is 201 Å². The molecule has 1 aromatic heterocycles. The minimum Gasteiger partial charge on any atom is -0.461 e. The molecule has 0 atom stereocenters.